The molecule has 9 heteroatoms. The Morgan fingerprint density at radius 1 is 1.28 bits per heavy atom. The molecule has 25 heavy (non-hydrogen) atoms. The van der Waals surface area contributed by atoms with E-state index < -0.39 is 0 Å². The number of aryl methyl sites for hydroxylation is 1. The van der Waals surface area contributed by atoms with Gasteiger partial charge in [-0.1, -0.05) is 5.16 Å². The Morgan fingerprint density at radius 2 is 2.00 bits per heavy atom. The summed E-state index contributed by atoms with van der Waals surface area (Å²) in [4.78, 5) is 11.4. The first-order chi connectivity index (χ1) is 11.5. The molecule has 1 saturated heterocycles. The maximum absolute atomic E-state index is 5.43. The van der Waals surface area contributed by atoms with Gasteiger partial charge in [-0.05, 0) is 27.7 Å². The van der Waals surface area contributed by atoms with Crippen LogP contribution in [0.3, 0.4) is 0 Å². The SMILES string of the molecule is CCNC(=NCC(C)(C)N1CCOCC1)NCCc1nc(C)no1.I. The molecule has 0 radical (unpaired) electrons. The van der Waals surface area contributed by atoms with Crippen molar-refractivity contribution in [2.24, 2.45) is 4.99 Å². The van der Waals surface area contributed by atoms with Crippen molar-refractivity contribution in [3.63, 3.8) is 0 Å². The maximum Gasteiger partial charge on any atom is 0.228 e. The van der Waals surface area contributed by atoms with E-state index in [1.54, 1.807) is 0 Å². The molecule has 2 N–H and O–H groups in total. The molecule has 1 aromatic heterocycles. The second-order valence-electron chi connectivity index (χ2n) is 6.52. The highest BCUT2D eigenvalue weighted by molar-refractivity contribution is 14.0. The van der Waals surface area contributed by atoms with E-state index >= 15 is 0 Å². The Hall–Kier alpha value is -0.940. The van der Waals surface area contributed by atoms with Gasteiger partial charge in [-0.15, -0.1) is 24.0 Å². The summed E-state index contributed by atoms with van der Waals surface area (Å²) >= 11 is 0. The van der Waals surface area contributed by atoms with E-state index in [2.05, 4.69) is 46.4 Å². The smallest absolute Gasteiger partial charge is 0.228 e. The number of nitrogens with one attached hydrogen (secondary N) is 2. The van der Waals surface area contributed by atoms with Crippen molar-refractivity contribution in [2.75, 3.05) is 45.9 Å². The van der Waals surface area contributed by atoms with Gasteiger partial charge in [0.05, 0.1) is 19.8 Å². The maximum atomic E-state index is 5.43. The summed E-state index contributed by atoms with van der Waals surface area (Å²) in [5.41, 5.74) is 0.00965. The van der Waals surface area contributed by atoms with E-state index in [1.165, 1.54) is 0 Å². The van der Waals surface area contributed by atoms with Crippen molar-refractivity contribution in [3.8, 4) is 0 Å². The van der Waals surface area contributed by atoms with Crippen molar-refractivity contribution in [2.45, 2.75) is 39.7 Å². The quantitative estimate of drug-likeness (QED) is 0.355. The molecule has 0 atom stereocenters. The molecule has 144 valence electrons. The number of guanidine groups is 1. The summed E-state index contributed by atoms with van der Waals surface area (Å²) in [7, 11) is 0. The Kier molecular flexibility index (Phi) is 9.65. The van der Waals surface area contributed by atoms with Crippen LogP contribution in [-0.2, 0) is 11.2 Å². The molecular weight excluding hydrogens is 435 g/mol. The van der Waals surface area contributed by atoms with Gasteiger partial charge in [-0.2, -0.15) is 4.98 Å². The standard InChI is InChI=1S/C16H30N6O2.HI/c1-5-17-15(18-7-6-14-20-13(2)21-24-14)19-12-16(3,4)22-8-10-23-11-9-22;/h5-12H2,1-4H3,(H2,17,18,19);1H. The lowest BCUT2D eigenvalue weighted by Gasteiger charge is -2.39. The highest BCUT2D eigenvalue weighted by atomic mass is 127. The monoisotopic (exact) mass is 466 g/mol. The van der Waals surface area contributed by atoms with Crippen LogP contribution in [0.1, 0.15) is 32.5 Å². The molecule has 0 aromatic carbocycles. The van der Waals surface area contributed by atoms with Crippen LogP contribution in [0, 0.1) is 6.92 Å². The fourth-order valence-electron chi connectivity index (χ4n) is 2.61. The predicted octanol–water partition coefficient (Wildman–Crippen LogP) is 1.20. The number of hydrogen-bond acceptors (Lipinski definition) is 6. The molecule has 2 heterocycles. The number of hydrogen-bond donors (Lipinski definition) is 2. The topological polar surface area (TPSA) is 87.8 Å². The van der Waals surface area contributed by atoms with Gasteiger partial charge in [0.25, 0.3) is 0 Å². The summed E-state index contributed by atoms with van der Waals surface area (Å²) in [6.45, 7) is 14.1. The highest BCUT2D eigenvalue weighted by Gasteiger charge is 2.28. The fraction of sp³-hybridized carbons (Fsp3) is 0.812. The zero-order chi connectivity index (χ0) is 17.4. The van der Waals surface area contributed by atoms with Crippen molar-refractivity contribution in [1.29, 1.82) is 0 Å². The first-order valence-corrected chi connectivity index (χ1v) is 8.65. The third kappa shape index (κ3) is 7.45. The number of aliphatic imine (C=N–C) groups is 1. The Balaban J connectivity index is 0.00000312. The largest absolute Gasteiger partial charge is 0.379 e. The second kappa shape index (κ2) is 10.9. The molecule has 0 unspecified atom stereocenters. The number of aromatic nitrogens is 2. The molecule has 0 aliphatic carbocycles. The third-order valence-corrected chi connectivity index (χ3v) is 4.04. The number of rotatable bonds is 7. The lowest BCUT2D eigenvalue weighted by molar-refractivity contribution is -0.00683. The summed E-state index contributed by atoms with van der Waals surface area (Å²) in [6.07, 6.45) is 0.679. The van der Waals surface area contributed by atoms with Crippen LogP contribution in [0.2, 0.25) is 0 Å². The summed E-state index contributed by atoms with van der Waals surface area (Å²) in [6, 6.07) is 0. The van der Waals surface area contributed by atoms with Gasteiger partial charge in [0.15, 0.2) is 11.8 Å². The van der Waals surface area contributed by atoms with Crippen molar-refractivity contribution < 1.29 is 9.26 Å². The van der Waals surface area contributed by atoms with Gasteiger partial charge >= 0.3 is 0 Å². The first-order valence-electron chi connectivity index (χ1n) is 8.65. The minimum Gasteiger partial charge on any atom is -0.379 e. The number of morpholine rings is 1. The number of nitrogens with zero attached hydrogens (tertiary/aromatic N) is 4. The van der Waals surface area contributed by atoms with Crippen LogP contribution in [0.25, 0.3) is 0 Å². The molecule has 0 saturated carbocycles. The minimum atomic E-state index is 0. The molecule has 1 aliphatic heterocycles. The summed E-state index contributed by atoms with van der Waals surface area (Å²) in [5, 5.41) is 10.4. The fourth-order valence-corrected chi connectivity index (χ4v) is 2.61. The Bertz CT molecular complexity index is 528. The van der Waals surface area contributed by atoms with Crippen molar-refractivity contribution >= 4 is 29.9 Å². The molecule has 2 rings (SSSR count). The molecule has 1 fully saturated rings. The van der Waals surface area contributed by atoms with Crippen LogP contribution in [0.15, 0.2) is 9.52 Å². The van der Waals surface area contributed by atoms with Gasteiger partial charge in [0, 0.05) is 38.1 Å². The normalized spacial score (nSPS) is 16.4. The van der Waals surface area contributed by atoms with E-state index in [0.29, 0.717) is 24.7 Å². The van der Waals surface area contributed by atoms with E-state index in [4.69, 9.17) is 14.3 Å². The van der Waals surface area contributed by atoms with E-state index in [1.807, 2.05) is 6.92 Å². The first kappa shape index (κ1) is 22.1. The van der Waals surface area contributed by atoms with Crippen LogP contribution in [-0.4, -0.2) is 72.5 Å². The van der Waals surface area contributed by atoms with Crippen LogP contribution in [0.5, 0.6) is 0 Å². The molecule has 0 bridgehead atoms. The average Bonchev–Trinajstić information content (AvgIpc) is 2.99. The average molecular weight is 466 g/mol. The molecule has 0 spiro atoms. The molecule has 8 nitrogen and oxygen atoms in total. The van der Waals surface area contributed by atoms with Gasteiger partial charge in [0.1, 0.15) is 0 Å². The lowest BCUT2D eigenvalue weighted by atomic mass is 10.0. The third-order valence-electron chi connectivity index (χ3n) is 4.04. The zero-order valence-corrected chi connectivity index (χ0v) is 18.0. The molecular formula is C16H31IN6O2. The molecule has 1 aliphatic rings. The Labute approximate surface area is 167 Å². The Morgan fingerprint density at radius 3 is 2.60 bits per heavy atom. The zero-order valence-electron chi connectivity index (χ0n) is 15.7. The van der Waals surface area contributed by atoms with Crippen molar-refractivity contribution in [3.05, 3.63) is 11.7 Å². The van der Waals surface area contributed by atoms with Crippen LogP contribution >= 0.6 is 24.0 Å². The van der Waals surface area contributed by atoms with Gasteiger partial charge < -0.3 is 19.9 Å². The van der Waals surface area contributed by atoms with Gasteiger partial charge in [0.2, 0.25) is 5.89 Å². The van der Waals surface area contributed by atoms with E-state index in [0.717, 1.165) is 45.4 Å². The summed E-state index contributed by atoms with van der Waals surface area (Å²) in [5.74, 6) is 2.12. The highest BCUT2D eigenvalue weighted by Crippen LogP contribution is 2.16. The second-order valence-corrected chi connectivity index (χ2v) is 6.52. The predicted molar refractivity (Wildman–Crippen MR) is 109 cm³/mol. The van der Waals surface area contributed by atoms with Gasteiger partial charge in [-0.3, -0.25) is 9.89 Å². The number of ether oxygens (including phenoxy) is 1. The van der Waals surface area contributed by atoms with Gasteiger partial charge in [-0.25, -0.2) is 0 Å². The molecule has 0 amide bonds. The molecule has 1 aromatic rings. The number of halogens is 1. The van der Waals surface area contributed by atoms with E-state index in [-0.39, 0.29) is 29.5 Å². The van der Waals surface area contributed by atoms with Crippen LogP contribution in [0.4, 0.5) is 0 Å². The van der Waals surface area contributed by atoms with Crippen molar-refractivity contribution in [1.82, 2.24) is 25.7 Å². The summed E-state index contributed by atoms with van der Waals surface area (Å²) < 4.78 is 10.6. The minimum absolute atomic E-state index is 0. The lowest BCUT2D eigenvalue weighted by Crippen LogP contribution is -2.52. The van der Waals surface area contributed by atoms with Crippen LogP contribution < -0.4 is 10.6 Å². The van der Waals surface area contributed by atoms with E-state index in [9.17, 15) is 0 Å².